The smallest absolute Gasteiger partial charge is 0.341 e. The number of ether oxygens (including phenoxy) is 2. The molecule has 1 N–H and O–H groups in total. The van der Waals surface area contributed by atoms with E-state index in [0.717, 1.165) is 5.56 Å². The first kappa shape index (κ1) is 17.5. The summed E-state index contributed by atoms with van der Waals surface area (Å²) in [5.74, 6) is -0.177. The number of rotatable bonds is 7. The molecule has 25 heavy (non-hydrogen) atoms. The number of nitrogens with zero attached hydrogens (tertiary/aromatic N) is 1. The summed E-state index contributed by atoms with van der Waals surface area (Å²) in [6, 6.07) is 11.0. The number of benzene rings is 2. The lowest BCUT2D eigenvalue weighted by Gasteiger charge is -2.39. The minimum absolute atomic E-state index is 0.0352. The van der Waals surface area contributed by atoms with Gasteiger partial charge in [-0.25, -0.2) is 9.18 Å². The summed E-state index contributed by atoms with van der Waals surface area (Å²) in [6.45, 7) is 1.61. The predicted molar refractivity (Wildman–Crippen MR) is 90.7 cm³/mol. The molecule has 0 unspecified atom stereocenters. The number of hydrogen-bond donors (Lipinski definition) is 1. The predicted octanol–water partition coefficient (Wildman–Crippen LogP) is 3.21. The Bertz CT molecular complexity index is 747. The molecule has 1 fully saturated rings. The van der Waals surface area contributed by atoms with Gasteiger partial charge in [-0.2, -0.15) is 0 Å². The van der Waals surface area contributed by atoms with Gasteiger partial charge in [0.2, 0.25) is 0 Å². The van der Waals surface area contributed by atoms with Crippen molar-refractivity contribution < 1.29 is 23.8 Å². The molecule has 1 aliphatic heterocycles. The van der Waals surface area contributed by atoms with Gasteiger partial charge in [0.15, 0.2) is 6.61 Å². The molecule has 0 amide bonds. The fourth-order valence-electron chi connectivity index (χ4n) is 2.62. The van der Waals surface area contributed by atoms with Crippen molar-refractivity contribution in [2.24, 2.45) is 0 Å². The third-order valence-corrected chi connectivity index (χ3v) is 4.04. The highest BCUT2D eigenvalue weighted by molar-refractivity contribution is 6.30. The van der Waals surface area contributed by atoms with Crippen LogP contribution in [-0.4, -0.2) is 41.8 Å². The lowest BCUT2D eigenvalue weighted by atomic mass is 10.1. The molecule has 0 bridgehead atoms. The molecule has 5 nitrogen and oxygen atoms in total. The number of carbonyl (C=O) groups is 1. The summed E-state index contributed by atoms with van der Waals surface area (Å²) in [5.41, 5.74) is 0.828. The Morgan fingerprint density at radius 1 is 1.24 bits per heavy atom. The van der Waals surface area contributed by atoms with E-state index in [9.17, 15) is 9.18 Å². The highest BCUT2D eigenvalue weighted by Gasteiger charge is 2.29. The van der Waals surface area contributed by atoms with Gasteiger partial charge in [-0.05, 0) is 42.5 Å². The minimum atomic E-state index is -1.03. The van der Waals surface area contributed by atoms with Crippen LogP contribution in [-0.2, 0) is 11.3 Å². The molecule has 2 aromatic carbocycles. The number of hydrogen-bond acceptors (Lipinski definition) is 4. The van der Waals surface area contributed by atoms with Gasteiger partial charge >= 0.3 is 5.97 Å². The molecular weight excluding hydrogens is 349 g/mol. The molecule has 1 heterocycles. The van der Waals surface area contributed by atoms with Crippen LogP contribution in [0.15, 0.2) is 42.5 Å². The van der Waals surface area contributed by atoms with E-state index >= 15 is 0 Å². The molecule has 7 heteroatoms. The van der Waals surface area contributed by atoms with Gasteiger partial charge in [0.05, 0.1) is 0 Å². The van der Waals surface area contributed by atoms with Crippen molar-refractivity contribution in [1.82, 2.24) is 4.90 Å². The van der Waals surface area contributed by atoms with Crippen molar-refractivity contribution in [3.63, 3.8) is 0 Å². The maximum absolute atomic E-state index is 12.9. The zero-order chi connectivity index (χ0) is 17.8. The first-order valence-electron chi connectivity index (χ1n) is 7.77. The highest BCUT2D eigenvalue weighted by atomic mass is 35.5. The number of likely N-dealkylation sites (tertiary alicyclic amines) is 1. The Morgan fingerprint density at radius 3 is 2.64 bits per heavy atom. The third kappa shape index (κ3) is 4.84. The normalized spacial score (nSPS) is 14.8. The molecule has 0 radical (unpaired) electrons. The standard InChI is InChI=1S/C18H17ClFNO4/c19-13-1-6-17(24-11-18(22)23)12(7-13)8-21-9-16(10-21)25-15-4-2-14(20)3-5-15/h1-7,16H,8-11H2,(H,22,23). The van der Waals surface area contributed by atoms with E-state index in [-0.39, 0.29) is 11.9 Å². The first-order valence-corrected chi connectivity index (χ1v) is 8.15. The zero-order valence-electron chi connectivity index (χ0n) is 13.3. The van der Waals surface area contributed by atoms with Crippen LogP contribution in [0.25, 0.3) is 0 Å². The number of aliphatic carboxylic acids is 1. The molecule has 2 aromatic rings. The lowest BCUT2D eigenvalue weighted by Crippen LogP contribution is -2.53. The number of halogens is 2. The average molecular weight is 366 g/mol. The molecule has 1 saturated heterocycles. The number of carboxylic acids is 1. The Labute approximate surface area is 149 Å². The van der Waals surface area contributed by atoms with Crippen LogP contribution in [0.1, 0.15) is 5.56 Å². The molecule has 0 spiro atoms. The maximum Gasteiger partial charge on any atom is 0.341 e. The van der Waals surface area contributed by atoms with Gasteiger partial charge in [0.25, 0.3) is 0 Å². The summed E-state index contributed by atoms with van der Waals surface area (Å²) in [7, 11) is 0. The maximum atomic E-state index is 12.9. The van der Waals surface area contributed by atoms with E-state index < -0.39 is 12.6 Å². The van der Waals surface area contributed by atoms with Crippen molar-refractivity contribution in [2.75, 3.05) is 19.7 Å². The van der Waals surface area contributed by atoms with E-state index in [1.165, 1.54) is 12.1 Å². The van der Waals surface area contributed by atoms with Gasteiger partial charge in [0, 0.05) is 30.2 Å². The second-order valence-corrected chi connectivity index (χ2v) is 6.26. The Morgan fingerprint density at radius 2 is 1.96 bits per heavy atom. The number of carboxylic acid groups (broad SMARTS) is 1. The van der Waals surface area contributed by atoms with E-state index in [4.69, 9.17) is 26.2 Å². The fraction of sp³-hybridized carbons (Fsp3) is 0.278. The van der Waals surface area contributed by atoms with Crippen LogP contribution in [0.4, 0.5) is 4.39 Å². The molecule has 3 rings (SSSR count). The molecular formula is C18H17ClFNO4. The van der Waals surface area contributed by atoms with Crippen LogP contribution in [0.3, 0.4) is 0 Å². The molecule has 132 valence electrons. The van der Waals surface area contributed by atoms with Crippen molar-refractivity contribution >= 4 is 17.6 Å². The van der Waals surface area contributed by atoms with Crippen LogP contribution >= 0.6 is 11.6 Å². The van der Waals surface area contributed by atoms with E-state index in [1.54, 1.807) is 30.3 Å². The fourth-order valence-corrected chi connectivity index (χ4v) is 2.82. The first-order chi connectivity index (χ1) is 12.0. The molecule has 0 aliphatic carbocycles. The molecule has 0 saturated carbocycles. The van der Waals surface area contributed by atoms with E-state index in [2.05, 4.69) is 4.90 Å². The monoisotopic (exact) mass is 365 g/mol. The van der Waals surface area contributed by atoms with Crippen molar-refractivity contribution in [3.05, 3.63) is 58.9 Å². The van der Waals surface area contributed by atoms with Gasteiger partial charge in [0.1, 0.15) is 23.4 Å². The summed E-state index contributed by atoms with van der Waals surface area (Å²) < 4.78 is 24.0. The van der Waals surface area contributed by atoms with E-state index in [0.29, 0.717) is 36.2 Å². The second kappa shape index (κ2) is 7.72. The van der Waals surface area contributed by atoms with Gasteiger partial charge in [-0.1, -0.05) is 11.6 Å². The van der Waals surface area contributed by atoms with Crippen molar-refractivity contribution in [2.45, 2.75) is 12.6 Å². The van der Waals surface area contributed by atoms with Crippen LogP contribution < -0.4 is 9.47 Å². The molecule has 1 aliphatic rings. The van der Waals surface area contributed by atoms with Crippen molar-refractivity contribution in [1.29, 1.82) is 0 Å². The second-order valence-electron chi connectivity index (χ2n) is 5.82. The highest BCUT2D eigenvalue weighted by Crippen LogP contribution is 2.27. The van der Waals surface area contributed by atoms with Crippen LogP contribution in [0, 0.1) is 5.82 Å². The largest absolute Gasteiger partial charge is 0.488 e. The summed E-state index contributed by atoms with van der Waals surface area (Å²) in [5, 5.41) is 9.32. The van der Waals surface area contributed by atoms with Gasteiger partial charge < -0.3 is 14.6 Å². The van der Waals surface area contributed by atoms with Crippen LogP contribution in [0.5, 0.6) is 11.5 Å². The van der Waals surface area contributed by atoms with E-state index in [1.807, 2.05) is 0 Å². The molecule has 0 aromatic heterocycles. The Kier molecular flexibility index (Phi) is 5.40. The summed E-state index contributed by atoms with van der Waals surface area (Å²) in [6.07, 6.45) is 0.0352. The topological polar surface area (TPSA) is 59.0 Å². The third-order valence-electron chi connectivity index (χ3n) is 3.81. The van der Waals surface area contributed by atoms with Gasteiger partial charge in [-0.3, -0.25) is 4.90 Å². The zero-order valence-corrected chi connectivity index (χ0v) is 14.1. The summed E-state index contributed by atoms with van der Waals surface area (Å²) in [4.78, 5) is 12.8. The Hall–Kier alpha value is -2.31. The average Bonchev–Trinajstić information content (AvgIpc) is 2.53. The Balaban J connectivity index is 1.54. The van der Waals surface area contributed by atoms with Crippen LogP contribution in [0.2, 0.25) is 5.02 Å². The minimum Gasteiger partial charge on any atom is -0.488 e. The summed E-state index contributed by atoms with van der Waals surface area (Å²) >= 11 is 6.03. The lowest BCUT2D eigenvalue weighted by molar-refractivity contribution is -0.139. The van der Waals surface area contributed by atoms with Crippen molar-refractivity contribution in [3.8, 4) is 11.5 Å². The SMILES string of the molecule is O=C(O)COc1ccc(Cl)cc1CN1CC(Oc2ccc(F)cc2)C1. The molecule has 0 atom stereocenters. The quantitative estimate of drug-likeness (QED) is 0.816. The van der Waals surface area contributed by atoms with Gasteiger partial charge in [-0.15, -0.1) is 0 Å².